The molecule has 3 aliphatic carbocycles. The van der Waals surface area contributed by atoms with Gasteiger partial charge in [0.15, 0.2) is 11.2 Å². The van der Waals surface area contributed by atoms with Gasteiger partial charge in [-0.25, -0.2) is 4.79 Å². The monoisotopic (exact) mass is 528 g/mol. The minimum atomic E-state index is -2.24. The highest BCUT2D eigenvalue weighted by molar-refractivity contribution is 5.89. The molecule has 5 aliphatic rings. The highest BCUT2D eigenvalue weighted by Gasteiger charge is 2.87. The molecule has 2 aliphatic heterocycles. The van der Waals surface area contributed by atoms with E-state index >= 15 is 0 Å². The predicted octanol–water partition coefficient (Wildman–Crippen LogP) is 1.81. The van der Waals surface area contributed by atoms with Crippen LogP contribution in [0.25, 0.3) is 0 Å². The van der Waals surface area contributed by atoms with Gasteiger partial charge in [0.05, 0.1) is 41.9 Å². The maximum atomic E-state index is 13.6. The lowest BCUT2D eigenvalue weighted by atomic mass is 9.38. The molecule has 3 N–H and O–H groups in total. The van der Waals surface area contributed by atoms with E-state index in [2.05, 4.69) is 0 Å². The van der Waals surface area contributed by atoms with E-state index in [-0.39, 0.29) is 26.2 Å². The van der Waals surface area contributed by atoms with Crippen molar-refractivity contribution < 1.29 is 43.9 Å². The van der Waals surface area contributed by atoms with Gasteiger partial charge in [-0.05, 0) is 44.7 Å². The van der Waals surface area contributed by atoms with Crippen molar-refractivity contribution in [1.82, 2.24) is 0 Å². The summed E-state index contributed by atoms with van der Waals surface area (Å²) in [6.07, 6.45) is -1.77. The van der Waals surface area contributed by atoms with Gasteiger partial charge in [-0.15, -0.1) is 0 Å². The van der Waals surface area contributed by atoms with Crippen molar-refractivity contribution in [3.05, 3.63) is 47.0 Å². The molecule has 0 bridgehead atoms. The summed E-state index contributed by atoms with van der Waals surface area (Å²) in [4.78, 5) is 26.2. The first-order valence-corrected chi connectivity index (χ1v) is 13.3. The fourth-order valence-corrected chi connectivity index (χ4v) is 8.68. The van der Waals surface area contributed by atoms with Crippen molar-refractivity contribution in [3.8, 4) is 0 Å². The van der Waals surface area contributed by atoms with Crippen molar-refractivity contribution in [2.24, 2.45) is 16.7 Å². The van der Waals surface area contributed by atoms with Gasteiger partial charge in [-0.2, -0.15) is 0 Å². The minimum Gasteiger partial charge on any atom is -0.462 e. The number of carbonyl (C=O) groups excluding carboxylic acids is 2. The number of hydrogen-bond acceptors (Lipinski definition) is 9. The normalized spacial score (nSPS) is 43.4. The molecule has 2 saturated carbocycles. The number of esters is 2. The lowest BCUT2D eigenvalue weighted by Gasteiger charge is -2.71. The van der Waals surface area contributed by atoms with Gasteiger partial charge in [0.1, 0.15) is 12.7 Å². The molecule has 1 spiro atoms. The quantitative estimate of drug-likeness (QED) is 0.387. The Morgan fingerprint density at radius 1 is 1.21 bits per heavy atom. The average Bonchev–Trinajstić information content (AvgIpc) is 3.34. The third kappa shape index (κ3) is 2.89. The van der Waals surface area contributed by atoms with Gasteiger partial charge in [-0.1, -0.05) is 35.9 Å². The first kappa shape index (κ1) is 26.0. The summed E-state index contributed by atoms with van der Waals surface area (Å²) in [5.74, 6) is -2.31. The largest absolute Gasteiger partial charge is 0.462 e. The molecular weight excluding hydrogens is 492 g/mol. The lowest BCUT2D eigenvalue weighted by Crippen LogP contribution is -2.85. The maximum Gasteiger partial charge on any atom is 0.343 e. The van der Waals surface area contributed by atoms with E-state index in [0.29, 0.717) is 18.4 Å². The zero-order valence-electron chi connectivity index (χ0n) is 22.2. The van der Waals surface area contributed by atoms with Gasteiger partial charge in [0, 0.05) is 19.3 Å². The first-order chi connectivity index (χ1) is 17.9. The van der Waals surface area contributed by atoms with Crippen LogP contribution >= 0.6 is 0 Å². The molecule has 6 rings (SSSR count). The van der Waals surface area contributed by atoms with E-state index in [1.54, 1.807) is 13.8 Å². The van der Waals surface area contributed by atoms with E-state index in [1.165, 1.54) is 6.92 Å². The zero-order valence-corrected chi connectivity index (χ0v) is 22.2. The summed E-state index contributed by atoms with van der Waals surface area (Å²) in [6.45, 7) is 6.40. The Morgan fingerprint density at radius 3 is 2.53 bits per heavy atom. The van der Waals surface area contributed by atoms with Crippen molar-refractivity contribution in [2.45, 2.75) is 88.7 Å². The third-order valence-corrected chi connectivity index (χ3v) is 10.2. The first-order valence-electron chi connectivity index (χ1n) is 13.3. The molecular formula is C29H36O9. The number of ether oxygens (including phenoxy) is 4. The number of rotatable bonds is 5. The van der Waals surface area contributed by atoms with Gasteiger partial charge in [-0.3, -0.25) is 4.79 Å². The maximum absolute atomic E-state index is 13.6. The Labute approximate surface area is 221 Å². The summed E-state index contributed by atoms with van der Waals surface area (Å²) in [7, 11) is 0. The molecule has 38 heavy (non-hydrogen) atoms. The number of aliphatic hydroxyl groups excluding tert-OH is 1. The number of benzene rings is 1. The topological polar surface area (TPSA) is 132 Å². The molecule has 0 radical (unpaired) electrons. The van der Waals surface area contributed by atoms with Crippen LogP contribution in [0.1, 0.15) is 52.5 Å². The predicted molar refractivity (Wildman–Crippen MR) is 132 cm³/mol. The summed E-state index contributed by atoms with van der Waals surface area (Å²) in [5.41, 5.74) is -5.77. The Hall–Kier alpha value is -2.30. The highest BCUT2D eigenvalue weighted by Crippen LogP contribution is 2.74. The number of cyclic esters (lactones) is 1. The molecule has 2 heterocycles. The second kappa shape index (κ2) is 8.11. The zero-order chi connectivity index (χ0) is 27.3. The Kier molecular flexibility index (Phi) is 5.54. The number of carbonyl (C=O) groups is 2. The van der Waals surface area contributed by atoms with E-state index in [1.807, 2.05) is 37.3 Å². The molecule has 8 atom stereocenters. The molecule has 1 aromatic carbocycles. The number of hydrogen-bond donors (Lipinski definition) is 3. The van der Waals surface area contributed by atoms with E-state index in [4.69, 9.17) is 18.9 Å². The van der Waals surface area contributed by atoms with Gasteiger partial charge >= 0.3 is 11.9 Å². The summed E-state index contributed by atoms with van der Waals surface area (Å²) in [5, 5.41) is 36.3. The average molecular weight is 529 g/mol. The fraction of sp³-hybridized carbons (Fsp3) is 0.655. The van der Waals surface area contributed by atoms with E-state index in [0.717, 1.165) is 11.1 Å². The SMILES string of the molecule is CC(=O)O[C@@]12CO[C@@H]1C[C@H](O)[C@@]13COC(=O)[C@]1(O)C1=C(C)CC[C@@]1(C(C)(C)O)[C@@H](OCc1ccccc1)C32. The molecule has 1 unspecified atom stereocenters. The van der Waals surface area contributed by atoms with Crippen molar-refractivity contribution in [3.63, 3.8) is 0 Å². The molecule has 0 amide bonds. The van der Waals surface area contributed by atoms with Crippen LogP contribution in [-0.2, 0) is 35.1 Å². The van der Waals surface area contributed by atoms with Crippen LogP contribution in [0.5, 0.6) is 0 Å². The lowest BCUT2D eigenvalue weighted by molar-refractivity contribution is -0.374. The second-order valence-corrected chi connectivity index (χ2v) is 12.3. The van der Waals surface area contributed by atoms with Gasteiger partial charge < -0.3 is 34.3 Å². The van der Waals surface area contributed by atoms with Gasteiger partial charge in [0.2, 0.25) is 0 Å². The number of aliphatic hydroxyl groups is 3. The molecule has 9 heteroatoms. The number of allylic oxidation sites excluding steroid dienone is 1. The van der Waals surface area contributed by atoms with Crippen LogP contribution in [0, 0.1) is 16.7 Å². The standard InChI is InChI=1S/C29H36O9/c1-16-10-11-26(25(3,4)33)21(16)29(34)24(32)37-14-27(29)19(31)12-20-28(15-36-20,38-17(2)30)22(27)23(26)35-13-18-8-6-5-7-9-18/h5-9,19-20,22-23,31,33-34H,10-15H2,1-4H3/t19-,20+,22?,23-,26-,27+,28-,29+/m0/s1. The molecule has 9 nitrogen and oxygen atoms in total. The molecule has 2 saturated heterocycles. The Balaban J connectivity index is 1.64. The highest BCUT2D eigenvalue weighted by atomic mass is 16.6. The van der Waals surface area contributed by atoms with Crippen LogP contribution in [0.2, 0.25) is 0 Å². The molecule has 4 fully saturated rings. The summed E-state index contributed by atoms with van der Waals surface area (Å²) >= 11 is 0. The van der Waals surface area contributed by atoms with E-state index < -0.39 is 63.8 Å². The summed E-state index contributed by atoms with van der Waals surface area (Å²) in [6, 6.07) is 9.57. The summed E-state index contributed by atoms with van der Waals surface area (Å²) < 4.78 is 24.3. The second-order valence-electron chi connectivity index (χ2n) is 12.3. The smallest absolute Gasteiger partial charge is 0.343 e. The van der Waals surface area contributed by atoms with Crippen LogP contribution in [0.15, 0.2) is 41.5 Å². The fourth-order valence-electron chi connectivity index (χ4n) is 8.68. The van der Waals surface area contributed by atoms with Crippen LogP contribution < -0.4 is 0 Å². The van der Waals surface area contributed by atoms with Gasteiger partial charge in [0.25, 0.3) is 0 Å². The van der Waals surface area contributed by atoms with Crippen molar-refractivity contribution in [1.29, 1.82) is 0 Å². The minimum absolute atomic E-state index is 0.0197. The van der Waals surface area contributed by atoms with Crippen LogP contribution in [0.3, 0.4) is 0 Å². The third-order valence-electron chi connectivity index (χ3n) is 10.2. The Bertz CT molecular complexity index is 1200. The van der Waals surface area contributed by atoms with E-state index in [9.17, 15) is 24.9 Å². The van der Waals surface area contributed by atoms with Crippen molar-refractivity contribution in [2.75, 3.05) is 13.2 Å². The molecule has 1 aromatic rings. The molecule has 0 aromatic heterocycles. The number of fused-ring (bicyclic) bond motifs is 4. The molecule has 206 valence electrons. The van der Waals surface area contributed by atoms with Crippen molar-refractivity contribution >= 4 is 11.9 Å². The van der Waals surface area contributed by atoms with Crippen LogP contribution in [0.4, 0.5) is 0 Å². The van der Waals surface area contributed by atoms with Crippen LogP contribution in [-0.4, -0.2) is 75.6 Å². The Morgan fingerprint density at radius 2 is 1.92 bits per heavy atom.